The van der Waals surface area contributed by atoms with Gasteiger partial charge in [0.2, 0.25) is 27.7 Å². The molecule has 1 aromatic carbocycles. The monoisotopic (exact) mass is 780 g/mol. The Morgan fingerprint density at radius 2 is 1.84 bits per heavy atom. The van der Waals surface area contributed by atoms with Crippen molar-refractivity contribution in [1.29, 1.82) is 0 Å². The summed E-state index contributed by atoms with van der Waals surface area (Å²) in [6, 6.07) is 5.23. The maximum Gasteiger partial charge on any atom is 0.405 e. The van der Waals surface area contributed by atoms with Gasteiger partial charge in [-0.25, -0.2) is 13.2 Å². The molecular weight excluding hydrogens is 729 g/mol. The molecule has 0 spiro atoms. The van der Waals surface area contributed by atoms with Crippen LogP contribution in [0.4, 0.5) is 10.6 Å². The summed E-state index contributed by atoms with van der Waals surface area (Å²) in [5.41, 5.74) is -1.54. The van der Waals surface area contributed by atoms with Gasteiger partial charge in [0.1, 0.15) is 35.3 Å². The first kappa shape index (κ1) is 38.7. The van der Waals surface area contributed by atoms with Crippen molar-refractivity contribution in [2.24, 2.45) is 17.8 Å². The number of carbonyl (C=O) groups is 4. The van der Waals surface area contributed by atoms with Gasteiger partial charge in [0.25, 0.3) is 5.91 Å². The molecule has 55 heavy (non-hydrogen) atoms. The molecule has 3 aliphatic heterocycles. The van der Waals surface area contributed by atoms with E-state index < -0.39 is 74.1 Å². The molecule has 7 rings (SSSR count). The molecule has 0 bridgehead atoms. The second-order valence-electron chi connectivity index (χ2n) is 16.5. The third kappa shape index (κ3) is 7.79. The van der Waals surface area contributed by atoms with E-state index in [9.17, 15) is 32.7 Å². The van der Waals surface area contributed by atoms with E-state index in [0.717, 1.165) is 43.6 Å². The molecule has 0 unspecified atom stereocenters. The summed E-state index contributed by atoms with van der Waals surface area (Å²) in [6.45, 7) is 7.08. The van der Waals surface area contributed by atoms with E-state index >= 15 is 0 Å². The number of hydrogen-bond donors (Lipinski definition) is 4. The zero-order chi connectivity index (χ0) is 39.3. The van der Waals surface area contributed by atoms with E-state index in [2.05, 4.69) is 20.3 Å². The number of hydrogen-bond acceptors (Lipinski definition) is 10. The molecule has 4 N–H and O–H groups in total. The minimum Gasteiger partial charge on any atom is -0.497 e. The van der Waals surface area contributed by atoms with Crippen LogP contribution < -0.4 is 29.7 Å². The van der Waals surface area contributed by atoms with Crippen LogP contribution in [0.15, 0.2) is 36.4 Å². The van der Waals surface area contributed by atoms with Crippen molar-refractivity contribution < 1.29 is 42.2 Å². The van der Waals surface area contributed by atoms with Crippen LogP contribution in [-0.4, -0.2) is 102 Å². The van der Waals surface area contributed by atoms with Crippen LogP contribution in [0.5, 0.6) is 11.6 Å². The number of nitrogens with zero attached hydrogens (tertiary/aromatic N) is 3. The number of carboxylic acid groups (broad SMARTS) is 1. The van der Waals surface area contributed by atoms with E-state index in [1.165, 1.54) is 4.90 Å². The summed E-state index contributed by atoms with van der Waals surface area (Å²) in [7, 11) is -2.41. The van der Waals surface area contributed by atoms with Gasteiger partial charge in [-0.1, -0.05) is 26.0 Å². The number of carbonyl (C=O) groups excluding carboxylic acids is 3. The van der Waals surface area contributed by atoms with Crippen molar-refractivity contribution in [3.05, 3.63) is 36.4 Å². The topological polar surface area (TPSA) is 197 Å². The molecule has 7 atom stereocenters. The molecule has 2 saturated heterocycles. The molecule has 2 aliphatic carbocycles. The zero-order valence-corrected chi connectivity index (χ0v) is 32.7. The molecular formula is C39H52N6O9S. The van der Waals surface area contributed by atoms with Gasteiger partial charge in [0, 0.05) is 30.8 Å². The van der Waals surface area contributed by atoms with Crippen molar-refractivity contribution in [2.75, 3.05) is 31.6 Å². The first-order chi connectivity index (χ1) is 26.1. The van der Waals surface area contributed by atoms with Crippen molar-refractivity contribution >= 4 is 50.4 Å². The number of nitrogens with one attached hydrogen (secondary N) is 3. The smallest absolute Gasteiger partial charge is 0.405 e. The van der Waals surface area contributed by atoms with Crippen LogP contribution in [0.2, 0.25) is 0 Å². The zero-order valence-electron chi connectivity index (χ0n) is 31.9. The number of ether oxygens (including phenoxy) is 2. The van der Waals surface area contributed by atoms with Crippen molar-refractivity contribution in [1.82, 2.24) is 25.2 Å². The molecule has 4 amide bonds. The normalized spacial score (nSPS) is 31.3. The molecule has 15 nitrogen and oxygen atoms in total. The van der Waals surface area contributed by atoms with Gasteiger partial charge < -0.3 is 35.0 Å². The Bertz CT molecular complexity index is 2000. The van der Waals surface area contributed by atoms with Gasteiger partial charge >= 0.3 is 6.09 Å². The first-order valence-corrected chi connectivity index (χ1v) is 20.9. The molecule has 16 heteroatoms. The second kappa shape index (κ2) is 14.8. The standard InChI is InChI=1S/C39H52N6O9S/c1-23-9-5-6-10-26-21-39(26,36(48)43-55(51,52)38(3)13-14-38)42-33(46)30-20-28(22-45(30)35(47)32(24(2)17-23)41-37(49)50)54-34-29-12-11-27(53-4)18-25(29)19-31(40-34)44-15-7-8-16-44/h6,10-12,18-19,23-24,26,28,30,32,41H,5,7-9,13-17,20-22H2,1-4H3,(H,42,46)(H,43,48)(H,49,50)/b10-6-/t23-,24-,26-,28-,30+,32+,39-/m1/s1. The van der Waals surface area contributed by atoms with Crippen molar-refractivity contribution in [2.45, 2.75) is 107 Å². The SMILES string of the molecule is COc1ccc2c(O[C@@H]3C[C@H]4C(=O)N[C@]5(C(=O)NS(=O)(=O)C6(C)CC6)C[C@H]5/C=C\CC[C@@H](C)C[C@@H](C)[C@H](NC(=O)O)C(=O)N4C3)nc(N3CCCC3)cc2c1. The number of sulfonamides is 1. The van der Waals surface area contributed by atoms with E-state index in [-0.39, 0.29) is 25.3 Å². The number of allylic oxidation sites excluding steroid dienone is 1. The van der Waals surface area contributed by atoms with E-state index in [4.69, 9.17) is 14.5 Å². The predicted octanol–water partition coefficient (Wildman–Crippen LogP) is 3.71. The number of fused-ring (bicyclic) bond motifs is 3. The Balaban J connectivity index is 1.23. The predicted molar refractivity (Wildman–Crippen MR) is 204 cm³/mol. The number of amides is 4. The fraction of sp³-hybridized carbons (Fsp3) is 0.615. The second-order valence-corrected chi connectivity index (χ2v) is 18.7. The lowest BCUT2D eigenvalue weighted by atomic mass is 9.88. The fourth-order valence-electron chi connectivity index (χ4n) is 8.40. The number of methoxy groups -OCH3 is 1. The largest absolute Gasteiger partial charge is 0.497 e. The highest BCUT2D eigenvalue weighted by Gasteiger charge is 2.63. The Hall–Kier alpha value is -4.60. The molecule has 2 saturated carbocycles. The lowest BCUT2D eigenvalue weighted by molar-refractivity contribution is -0.142. The molecule has 4 fully saturated rings. The third-order valence-corrected chi connectivity index (χ3v) is 14.4. The van der Waals surface area contributed by atoms with Crippen LogP contribution >= 0.6 is 0 Å². The average Bonchev–Trinajstić information content (AvgIpc) is 3.89. The van der Waals surface area contributed by atoms with E-state index in [1.807, 2.05) is 44.2 Å². The Kier molecular flexibility index (Phi) is 10.4. The molecule has 0 radical (unpaired) electrons. The summed E-state index contributed by atoms with van der Waals surface area (Å²) in [5.74, 6) is -1.06. The van der Waals surface area contributed by atoms with Gasteiger partial charge in [-0.2, -0.15) is 4.98 Å². The summed E-state index contributed by atoms with van der Waals surface area (Å²) in [5, 5.41) is 16.7. The van der Waals surface area contributed by atoms with Crippen LogP contribution in [0, 0.1) is 17.8 Å². The summed E-state index contributed by atoms with van der Waals surface area (Å²) >= 11 is 0. The number of rotatable bonds is 8. The van der Waals surface area contributed by atoms with Gasteiger partial charge in [-0.05, 0) is 99.8 Å². The highest BCUT2D eigenvalue weighted by atomic mass is 32.2. The minimum absolute atomic E-state index is 0.0179. The fourth-order valence-corrected chi connectivity index (χ4v) is 9.72. The maximum absolute atomic E-state index is 14.5. The summed E-state index contributed by atoms with van der Waals surface area (Å²) in [6.07, 6.45) is 6.78. The molecule has 2 aromatic rings. The Morgan fingerprint density at radius 3 is 2.53 bits per heavy atom. The van der Waals surface area contributed by atoms with Crippen LogP contribution in [0.3, 0.4) is 0 Å². The highest BCUT2D eigenvalue weighted by Crippen LogP contribution is 2.48. The number of pyridine rings is 1. The molecule has 5 aliphatic rings. The molecule has 1 aromatic heterocycles. The van der Waals surface area contributed by atoms with Gasteiger partial charge in [0.15, 0.2) is 0 Å². The number of benzene rings is 1. The first-order valence-electron chi connectivity index (χ1n) is 19.4. The van der Waals surface area contributed by atoms with Crippen molar-refractivity contribution in [3.8, 4) is 11.6 Å². The Morgan fingerprint density at radius 1 is 1.09 bits per heavy atom. The third-order valence-electron chi connectivity index (χ3n) is 12.2. The van der Waals surface area contributed by atoms with Gasteiger partial charge in [0.05, 0.1) is 18.4 Å². The maximum atomic E-state index is 14.5. The lowest BCUT2D eigenvalue weighted by Crippen LogP contribution is -2.59. The summed E-state index contributed by atoms with van der Waals surface area (Å²) in [4.78, 5) is 63.4. The van der Waals surface area contributed by atoms with Crippen molar-refractivity contribution in [3.63, 3.8) is 0 Å². The van der Waals surface area contributed by atoms with Crippen LogP contribution in [-0.2, 0) is 24.4 Å². The van der Waals surface area contributed by atoms with E-state index in [0.29, 0.717) is 42.7 Å². The quantitative estimate of drug-likeness (QED) is 0.285. The number of anilines is 1. The molecule has 298 valence electrons. The van der Waals surface area contributed by atoms with Gasteiger partial charge in [-0.15, -0.1) is 0 Å². The van der Waals surface area contributed by atoms with Crippen LogP contribution in [0.1, 0.15) is 78.6 Å². The number of aromatic nitrogens is 1. The average molecular weight is 781 g/mol. The van der Waals surface area contributed by atoms with E-state index in [1.54, 1.807) is 20.1 Å². The summed E-state index contributed by atoms with van der Waals surface area (Å²) < 4.78 is 39.7. The lowest BCUT2D eigenvalue weighted by Gasteiger charge is -2.32. The molecule has 4 heterocycles. The highest BCUT2D eigenvalue weighted by molar-refractivity contribution is 7.91. The van der Waals surface area contributed by atoms with Gasteiger partial charge in [-0.3, -0.25) is 19.1 Å². The van der Waals surface area contributed by atoms with Crippen LogP contribution in [0.25, 0.3) is 10.8 Å². The Labute approximate surface area is 321 Å². The minimum atomic E-state index is -4.01.